The molecule has 4 aromatic rings. The van der Waals surface area contributed by atoms with E-state index < -0.39 is 0 Å². The molecule has 4 rings (SSSR count). The lowest BCUT2D eigenvalue weighted by atomic mass is 10.2. The third-order valence-corrected chi connectivity index (χ3v) is 5.44. The van der Waals surface area contributed by atoms with Crippen molar-refractivity contribution in [1.29, 1.82) is 0 Å². The second kappa shape index (κ2) is 10.0. The van der Waals surface area contributed by atoms with Crippen molar-refractivity contribution in [2.75, 3.05) is 32.5 Å². The quantitative estimate of drug-likeness (QED) is 0.394. The molecule has 0 saturated heterocycles. The van der Waals surface area contributed by atoms with Crippen molar-refractivity contribution in [3.05, 3.63) is 54.6 Å². The Kier molecular flexibility index (Phi) is 8.01. The molecule has 0 radical (unpaired) electrons. The number of nitrogens with one attached hydrogen (secondary N) is 1. The minimum atomic E-state index is 0. The van der Waals surface area contributed by atoms with E-state index in [1.165, 1.54) is 10.1 Å². The van der Waals surface area contributed by atoms with Crippen LogP contribution in [0.2, 0.25) is 0 Å². The molecule has 0 aliphatic rings. The lowest BCUT2D eigenvalue weighted by Crippen LogP contribution is -2.16. The van der Waals surface area contributed by atoms with Crippen LogP contribution >= 0.6 is 36.2 Å². The first-order chi connectivity index (χ1) is 12.7. The number of anilines is 1. The fourth-order valence-corrected chi connectivity index (χ4v) is 4.01. The molecule has 0 fully saturated rings. The number of thiophene rings is 1. The summed E-state index contributed by atoms with van der Waals surface area (Å²) in [6.45, 7) is 1.95. The van der Waals surface area contributed by atoms with E-state index in [2.05, 4.69) is 66.8 Å². The van der Waals surface area contributed by atoms with Gasteiger partial charge in [-0.05, 0) is 56.7 Å². The van der Waals surface area contributed by atoms with Crippen LogP contribution in [0.15, 0.2) is 54.6 Å². The van der Waals surface area contributed by atoms with Crippen molar-refractivity contribution >= 4 is 63.0 Å². The van der Waals surface area contributed by atoms with Crippen molar-refractivity contribution in [3.8, 4) is 10.7 Å². The molecule has 0 unspecified atom stereocenters. The molecule has 0 atom stereocenters. The average molecular weight is 435 g/mol. The molecule has 7 heteroatoms. The topological polar surface area (TPSA) is 41.0 Å². The van der Waals surface area contributed by atoms with Crippen molar-refractivity contribution < 1.29 is 0 Å². The molecule has 28 heavy (non-hydrogen) atoms. The highest BCUT2D eigenvalue weighted by atomic mass is 35.5. The molecule has 0 aliphatic carbocycles. The summed E-state index contributed by atoms with van der Waals surface area (Å²) >= 11 is 1.74. The molecule has 2 aromatic carbocycles. The standard InChI is InChI=1S/C21H22N4S.2ClH/c1-25(2)13-7-12-22-20-16-9-4-5-10-17(16)23-21(24-20)19-14-15-8-3-6-11-18(15)26-19;;/h3-6,8-11,14H,7,12-13H2,1-2H3,(H,22,23,24);2*1H. The molecule has 2 aromatic heterocycles. The van der Waals surface area contributed by atoms with Gasteiger partial charge in [-0.3, -0.25) is 0 Å². The first kappa shape index (κ1) is 22.4. The van der Waals surface area contributed by atoms with Gasteiger partial charge in [-0.1, -0.05) is 30.3 Å². The SMILES string of the molecule is CN(C)CCCNc1nc(-c2cc3ccccc3s2)nc2ccccc12.Cl.Cl. The van der Waals surface area contributed by atoms with E-state index in [0.29, 0.717) is 0 Å². The maximum atomic E-state index is 4.86. The second-order valence-corrected chi connectivity index (χ2v) is 7.73. The zero-order valence-corrected chi connectivity index (χ0v) is 18.3. The summed E-state index contributed by atoms with van der Waals surface area (Å²) in [7, 11) is 4.19. The highest BCUT2D eigenvalue weighted by Crippen LogP contribution is 2.33. The van der Waals surface area contributed by atoms with E-state index in [0.717, 1.165) is 46.9 Å². The van der Waals surface area contributed by atoms with Gasteiger partial charge in [0.05, 0.1) is 10.4 Å². The van der Waals surface area contributed by atoms with Crippen molar-refractivity contribution in [3.63, 3.8) is 0 Å². The number of benzene rings is 2. The largest absolute Gasteiger partial charge is 0.369 e. The predicted octanol–water partition coefficient (Wildman–Crippen LogP) is 5.72. The van der Waals surface area contributed by atoms with Crippen molar-refractivity contribution in [2.45, 2.75) is 6.42 Å². The molecule has 0 amide bonds. The Morgan fingerprint density at radius 3 is 2.50 bits per heavy atom. The number of fused-ring (bicyclic) bond motifs is 2. The van der Waals surface area contributed by atoms with Gasteiger partial charge in [0.15, 0.2) is 5.82 Å². The molecule has 0 spiro atoms. The Bertz CT molecular complexity index is 1020. The van der Waals surface area contributed by atoms with E-state index in [-0.39, 0.29) is 24.8 Å². The Hall–Kier alpha value is -1.92. The summed E-state index contributed by atoms with van der Waals surface area (Å²) in [5.74, 6) is 1.71. The van der Waals surface area contributed by atoms with Crippen LogP contribution in [-0.2, 0) is 0 Å². The number of hydrogen-bond acceptors (Lipinski definition) is 5. The van der Waals surface area contributed by atoms with Crippen LogP contribution in [-0.4, -0.2) is 42.1 Å². The zero-order valence-electron chi connectivity index (χ0n) is 15.9. The third kappa shape index (κ3) is 4.92. The van der Waals surface area contributed by atoms with Gasteiger partial charge in [0.1, 0.15) is 5.82 Å². The van der Waals surface area contributed by atoms with Gasteiger partial charge in [0.25, 0.3) is 0 Å². The first-order valence-corrected chi connectivity index (χ1v) is 9.67. The third-order valence-electron chi connectivity index (χ3n) is 4.32. The Balaban J connectivity index is 0.00000140. The predicted molar refractivity (Wildman–Crippen MR) is 127 cm³/mol. The smallest absolute Gasteiger partial charge is 0.172 e. The van der Waals surface area contributed by atoms with Gasteiger partial charge >= 0.3 is 0 Å². The van der Waals surface area contributed by atoms with Gasteiger partial charge in [0.2, 0.25) is 0 Å². The summed E-state index contributed by atoms with van der Waals surface area (Å²) < 4.78 is 1.26. The Morgan fingerprint density at radius 1 is 0.964 bits per heavy atom. The van der Waals surface area contributed by atoms with Gasteiger partial charge in [0, 0.05) is 16.6 Å². The van der Waals surface area contributed by atoms with E-state index in [4.69, 9.17) is 9.97 Å². The average Bonchev–Trinajstić information content (AvgIpc) is 3.09. The molecule has 2 heterocycles. The fourth-order valence-electron chi connectivity index (χ4n) is 3.02. The number of hydrogen-bond donors (Lipinski definition) is 1. The van der Waals surface area contributed by atoms with Crippen LogP contribution in [0.5, 0.6) is 0 Å². The van der Waals surface area contributed by atoms with E-state index >= 15 is 0 Å². The van der Waals surface area contributed by atoms with Crippen LogP contribution in [0.3, 0.4) is 0 Å². The maximum Gasteiger partial charge on any atom is 0.172 e. The van der Waals surface area contributed by atoms with Crippen LogP contribution in [0.4, 0.5) is 5.82 Å². The minimum absolute atomic E-state index is 0. The summed E-state index contributed by atoms with van der Waals surface area (Å²) in [5, 5.41) is 5.83. The summed E-state index contributed by atoms with van der Waals surface area (Å²) in [5.41, 5.74) is 0.977. The van der Waals surface area contributed by atoms with Crippen LogP contribution < -0.4 is 5.32 Å². The van der Waals surface area contributed by atoms with Crippen molar-refractivity contribution in [2.24, 2.45) is 0 Å². The molecular formula is C21H24Cl2N4S. The first-order valence-electron chi connectivity index (χ1n) is 8.85. The summed E-state index contributed by atoms with van der Waals surface area (Å²) in [6, 6.07) is 18.8. The number of rotatable bonds is 6. The van der Waals surface area contributed by atoms with Gasteiger partial charge in [-0.2, -0.15) is 0 Å². The number of nitrogens with zero attached hydrogens (tertiary/aromatic N) is 3. The molecule has 0 bridgehead atoms. The molecule has 0 saturated carbocycles. The Labute approximate surface area is 181 Å². The van der Waals surface area contributed by atoms with Crippen molar-refractivity contribution in [1.82, 2.24) is 14.9 Å². The van der Waals surface area contributed by atoms with E-state index in [1.807, 2.05) is 12.1 Å². The number of aromatic nitrogens is 2. The zero-order chi connectivity index (χ0) is 17.9. The Morgan fingerprint density at radius 2 is 1.71 bits per heavy atom. The van der Waals surface area contributed by atoms with Crippen LogP contribution in [0.1, 0.15) is 6.42 Å². The lowest BCUT2D eigenvalue weighted by Gasteiger charge is -2.12. The minimum Gasteiger partial charge on any atom is -0.369 e. The van der Waals surface area contributed by atoms with E-state index in [1.54, 1.807) is 11.3 Å². The molecule has 1 N–H and O–H groups in total. The maximum absolute atomic E-state index is 4.86. The molecule has 4 nitrogen and oxygen atoms in total. The van der Waals surface area contributed by atoms with Gasteiger partial charge in [-0.25, -0.2) is 9.97 Å². The lowest BCUT2D eigenvalue weighted by molar-refractivity contribution is 0.405. The normalized spacial score (nSPS) is 10.7. The van der Waals surface area contributed by atoms with Gasteiger partial charge < -0.3 is 10.2 Å². The van der Waals surface area contributed by atoms with E-state index in [9.17, 15) is 0 Å². The van der Waals surface area contributed by atoms with Gasteiger partial charge in [-0.15, -0.1) is 36.2 Å². The second-order valence-electron chi connectivity index (χ2n) is 6.65. The number of para-hydroxylation sites is 1. The van der Waals surface area contributed by atoms with Crippen LogP contribution in [0.25, 0.3) is 31.7 Å². The molecule has 0 aliphatic heterocycles. The monoisotopic (exact) mass is 434 g/mol. The summed E-state index contributed by atoms with van der Waals surface area (Å²) in [6.07, 6.45) is 1.07. The fraction of sp³-hybridized carbons (Fsp3) is 0.238. The molecule has 148 valence electrons. The highest BCUT2D eigenvalue weighted by Gasteiger charge is 2.11. The number of halogens is 2. The van der Waals surface area contributed by atoms with Crippen LogP contribution in [0, 0.1) is 0 Å². The summed E-state index contributed by atoms with van der Waals surface area (Å²) in [4.78, 5) is 13.0. The highest BCUT2D eigenvalue weighted by molar-refractivity contribution is 7.22. The molecular weight excluding hydrogens is 411 g/mol.